The third kappa shape index (κ3) is 5.64. The Morgan fingerprint density at radius 3 is 2.23 bits per heavy atom. The number of primary amides is 1. The van der Waals surface area contributed by atoms with Crippen LogP contribution in [0.2, 0.25) is 5.02 Å². The molecule has 0 saturated carbocycles. The average Bonchev–Trinajstić information content (AvgIpc) is 2.62. The van der Waals surface area contributed by atoms with Gasteiger partial charge in [0.05, 0.1) is 17.8 Å². The van der Waals surface area contributed by atoms with Gasteiger partial charge in [-0.2, -0.15) is 0 Å². The molecule has 140 valence electrons. The molecular weight excluding hydrogens is 376 g/mol. The Morgan fingerprint density at radius 2 is 1.69 bits per heavy atom. The molecule has 26 heavy (non-hydrogen) atoms. The fourth-order valence-corrected chi connectivity index (χ4v) is 3.77. The smallest absolute Gasteiger partial charge is 0.219 e. The summed E-state index contributed by atoms with van der Waals surface area (Å²) in [7, 11) is -1.90. The van der Waals surface area contributed by atoms with Crippen molar-refractivity contribution in [2.75, 3.05) is 30.9 Å². The largest absolute Gasteiger partial charge is 0.497 e. The van der Waals surface area contributed by atoms with Crippen molar-refractivity contribution in [1.82, 2.24) is 0 Å². The van der Waals surface area contributed by atoms with Gasteiger partial charge in [-0.15, -0.1) is 0 Å². The summed E-state index contributed by atoms with van der Waals surface area (Å²) in [5.74, 6) is 0.154. The minimum absolute atomic E-state index is 0.0978. The number of carbonyl (C=O) groups excluding carboxylic acids is 1. The molecule has 0 spiro atoms. The van der Waals surface area contributed by atoms with Crippen LogP contribution in [-0.2, 0) is 14.6 Å². The summed E-state index contributed by atoms with van der Waals surface area (Å²) < 4.78 is 30.2. The number of nitrogens with two attached hydrogens (primary N) is 1. The summed E-state index contributed by atoms with van der Waals surface area (Å²) in [5, 5.41) is 0.477. The Bertz CT molecular complexity index is 836. The lowest BCUT2D eigenvalue weighted by atomic mass is 10.2. The van der Waals surface area contributed by atoms with Gasteiger partial charge in [0.2, 0.25) is 5.91 Å². The van der Waals surface area contributed by atoms with Gasteiger partial charge in [-0.25, -0.2) is 8.42 Å². The van der Waals surface area contributed by atoms with Gasteiger partial charge in [-0.1, -0.05) is 11.6 Å². The molecule has 0 aliphatic rings. The average molecular weight is 397 g/mol. The maximum Gasteiger partial charge on any atom is 0.219 e. The van der Waals surface area contributed by atoms with Crippen LogP contribution in [0.25, 0.3) is 0 Å². The van der Waals surface area contributed by atoms with Crippen molar-refractivity contribution < 1.29 is 17.9 Å². The van der Waals surface area contributed by atoms with Crippen LogP contribution < -0.4 is 15.4 Å². The Labute approximate surface area is 158 Å². The highest BCUT2D eigenvalue weighted by Crippen LogP contribution is 2.21. The van der Waals surface area contributed by atoms with Crippen molar-refractivity contribution in [2.45, 2.75) is 11.3 Å². The molecule has 8 heteroatoms. The van der Waals surface area contributed by atoms with E-state index < -0.39 is 15.7 Å². The molecule has 2 aromatic rings. The number of rotatable bonds is 9. The van der Waals surface area contributed by atoms with Crippen LogP contribution in [0.4, 0.5) is 5.69 Å². The lowest BCUT2D eigenvalue weighted by Gasteiger charge is -2.24. The summed E-state index contributed by atoms with van der Waals surface area (Å²) in [6, 6.07) is 13.2. The molecule has 0 fully saturated rings. The number of halogens is 1. The molecule has 0 saturated heterocycles. The predicted octanol–water partition coefficient (Wildman–Crippen LogP) is 2.50. The topological polar surface area (TPSA) is 89.7 Å². The highest BCUT2D eigenvalue weighted by Gasteiger charge is 2.17. The lowest BCUT2D eigenvalue weighted by Crippen LogP contribution is -2.32. The van der Waals surface area contributed by atoms with E-state index in [0.29, 0.717) is 17.3 Å². The van der Waals surface area contributed by atoms with E-state index in [9.17, 15) is 13.2 Å². The second kappa shape index (κ2) is 8.91. The maximum atomic E-state index is 12.5. The van der Waals surface area contributed by atoms with E-state index in [1.54, 1.807) is 31.4 Å². The number of methoxy groups -OCH3 is 1. The van der Waals surface area contributed by atoms with Crippen LogP contribution in [0.3, 0.4) is 0 Å². The molecule has 0 bridgehead atoms. The van der Waals surface area contributed by atoms with Gasteiger partial charge in [-0.05, 0) is 48.5 Å². The summed E-state index contributed by atoms with van der Waals surface area (Å²) >= 11 is 5.81. The molecule has 0 aromatic heterocycles. The van der Waals surface area contributed by atoms with E-state index in [2.05, 4.69) is 0 Å². The van der Waals surface area contributed by atoms with Crippen LogP contribution in [0.15, 0.2) is 53.4 Å². The summed E-state index contributed by atoms with van der Waals surface area (Å²) in [5.41, 5.74) is 6.03. The molecule has 0 aliphatic heterocycles. The molecule has 0 unspecified atom stereocenters. The standard InChI is InChI=1S/C18H21ClN2O4S/c1-25-16-6-4-15(5-7-16)21(11-10-18(20)22)12-13-26(23,24)17-8-2-14(19)3-9-17/h2-9H,10-13H2,1H3,(H2,20,22). The summed E-state index contributed by atoms with van der Waals surface area (Å²) in [6.45, 7) is 0.558. The van der Waals surface area contributed by atoms with Gasteiger partial charge in [0, 0.05) is 30.2 Å². The van der Waals surface area contributed by atoms with Crippen molar-refractivity contribution in [3.05, 3.63) is 53.6 Å². The van der Waals surface area contributed by atoms with E-state index in [4.69, 9.17) is 22.1 Å². The maximum absolute atomic E-state index is 12.5. The highest BCUT2D eigenvalue weighted by atomic mass is 35.5. The third-order valence-corrected chi connectivity index (χ3v) is 5.83. The number of nitrogens with zero attached hydrogens (tertiary/aromatic N) is 1. The van der Waals surface area contributed by atoms with Gasteiger partial charge in [0.1, 0.15) is 5.75 Å². The second-order valence-corrected chi connectivity index (χ2v) is 8.22. The van der Waals surface area contributed by atoms with Gasteiger partial charge in [-0.3, -0.25) is 4.79 Å². The van der Waals surface area contributed by atoms with Crippen molar-refractivity contribution in [3.8, 4) is 5.75 Å². The number of amides is 1. The van der Waals surface area contributed by atoms with Crippen molar-refractivity contribution in [3.63, 3.8) is 0 Å². The number of benzene rings is 2. The van der Waals surface area contributed by atoms with Gasteiger partial charge in [0.15, 0.2) is 9.84 Å². The van der Waals surface area contributed by atoms with E-state index in [-0.39, 0.29) is 23.6 Å². The van der Waals surface area contributed by atoms with Crippen molar-refractivity contribution in [2.24, 2.45) is 5.73 Å². The quantitative estimate of drug-likeness (QED) is 0.703. The molecule has 2 rings (SSSR count). The van der Waals surface area contributed by atoms with E-state index in [1.807, 2.05) is 17.0 Å². The zero-order valence-corrected chi connectivity index (χ0v) is 16.0. The molecule has 2 aromatic carbocycles. The fraction of sp³-hybridized carbons (Fsp3) is 0.278. The Morgan fingerprint density at radius 1 is 1.08 bits per heavy atom. The van der Waals surface area contributed by atoms with E-state index >= 15 is 0 Å². The summed E-state index contributed by atoms with van der Waals surface area (Å²) in [4.78, 5) is 13.2. The molecule has 1 amide bonds. The molecular formula is C18H21ClN2O4S. The summed E-state index contributed by atoms with van der Waals surface area (Å²) in [6.07, 6.45) is 0.132. The third-order valence-electron chi connectivity index (χ3n) is 3.87. The number of hydrogen-bond acceptors (Lipinski definition) is 5. The molecule has 0 aliphatic carbocycles. The minimum Gasteiger partial charge on any atom is -0.497 e. The molecule has 0 radical (unpaired) electrons. The monoisotopic (exact) mass is 396 g/mol. The molecule has 0 heterocycles. The lowest BCUT2D eigenvalue weighted by molar-refractivity contribution is -0.117. The number of anilines is 1. The zero-order chi connectivity index (χ0) is 19.2. The Hall–Kier alpha value is -2.25. The van der Waals surface area contributed by atoms with Crippen LogP contribution >= 0.6 is 11.6 Å². The molecule has 0 atom stereocenters. The molecule has 6 nitrogen and oxygen atoms in total. The predicted molar refractivity (Wildman–Crippen MR) is 103 cm³/mol. The van der Waals surface area contributed by atoms with Gasteiger partial charge < -0.3 is 15.4 Å². The fourth-order valence-electron chi connectivity index (χ4n) is 2.40. The van der Waals surface area contributed by atoms with Crippen molar-refractivity contribution >= 4 is 33.0 Å². The minimum atomic E-state index is -3.47. The number of carbonyl (C=O) groups is 1. The van der Waals surface area contributed by atoms with Crippen LogP contribution in [0.1, 0.15) is 6.42 Å². The Balaban J connectivity index is 2.14. The molecule has 2 N–H and O–H groups in total. The Kier molecular flexibility index (Phi) is 6.88. The first kappa shape index (κ1) is 20.1. The van der Waals surface area contributed by atoms with E-state index in [0.717, 1.165) is 5.69 Å². The van der Waals surface area contributed by atoms with Crippen LogP contribution in [0.5, 0.6) is 5.75 Å². The zero-order valence-electron chi connectivity index (χ0n) is 14.4. The number of sulfone groups is 1. The van der Waals surface area contributed by atoms with Crippen LogP contribution in [-0.4, -0.2) is 40.3 Å². The van der Waals surface area contributed by atoms with E-state index in [1.165, 1.54) is 12.1 Å². The van der Waals surface area contributed by atoms with Gasteiger partial charge in [0.25, 0.3) is 0 Å². The number of ether oxygens (including phenoxy) is 1. The second-order valence-electron chi connectivity index (χ2n) is 5.67. The van der Waals surface area contributed by atoms with Gasteiger partial charge >= 0.3 is 0 Å². The first-order valence-electron chi connectivity index (χ1n) is 7.97. The first-order chi connectivity index (χ1) is 12.3. The number of hydrogen-bond donors (Lipinski definition) is 1. The first-order valence-corrected chi connectivity index (χ1v) is 10.0. The highest BCUT2D eigenvalue weighted by molar-refractivity contribution is 7.91. The van der Waals surface area contributed by atoms with Crippen molar-refractivity contribution in [1.29, 1.82) is 0 Å². The van der Waals surface area contributed by atoms with Crippen LogP contribution in [0, 0.1) is 0 Å². The normalized spacial score (nSPS) is 11.2. The SMILES string of the molecule is COc1ccc(N(CCC(N)=O)CCS(=O)(=O)c2ccc(Cl)cc2)cc1.